The molecule has 0 saturated heterocycles. The molecule has 6 heteroatoms. The molecule has 1 aromatic heterocycles. The molecule has 0 aliphatic carbocycles. The Hall–Kier alpha value is -1.95. The van der Waals surface area contributed by atoms with Crippen LogP contribution in [-0.2, 0) is 20.1 Å². The molecule has 0 amide bonds. The van der Waals surface area contributed by atoms with Crippen LogP contribution in [0, 0.1) is 5.82 Å². The highest BCUT2D eigenvalue weighted by molar-refractivity contribution is 5.29. The van der Waals surface area contributed by atoms with Crippen molar-refractivity contribution >= 4 is 0 Å². The topological polar surface area (TPSA) is 52.0 Å². The second kappa shape index (κ2) is 5.59. The van der Waals surface area contributed by atoms with Gasteiger partial charge in [0.25, 0.3) is 0 Å². The summed E-state index contributed by atoms with van der Waals surface area (Å²) in [6, 6.07) is 4.89. The van der Waals surface area contributed by atoms with Crippen molar-refractivity contribution in [2.24, 2.45) is 7.05 Å². The number of halogens is 1. The van der Waals surface area contributed by atoms with Crippen LogP contribution >= 0.6 is 0 Å². The fourth-order valence-electron chi connectivity index (χ4n) is 1.60. The Morgan fingerprint density at radius 1 is 1.39 bits per heavy atom. The van der Waals surface area contributed by atoms with E-state index in [2.05, 4.69) is 15.4 Å². The van der Waals surface area contributed by atoms with Crippen LogP contribution in [0.2, 0.25) is 0 Å². The van der Waals surface area contributed by atoms with Gasteiger partial charge in [0.05, 0.1) is 13.7 Å². The monoisotopic (exact) mass is 250 g/mol. The first-order chi connectivity index (χ1) is 8.69. The van der Waals surface area contributed by atoms with Crippen molar-refractivity contribution in [2.75, 3.05) is 7.11 Å². The van der Waals surface area contributed by atoms with Crippen molar-refractivity contribution in [2.45, 2.75) is 13.1 Å². The van der Waals surface area contributed by atoms with Crippen LogP contribution in [-0.4, -0.2) is 21.9 Å². The number of hydrogen-bond acceptors (Lipinski definition) is 4. The predicted molar refractivity (Wildman–Crippen MR) is 64.5 cm³/mol. The zero-order chi connectivity index (χ0) is 13.0. The first-order valence-corrected chi connectivity index (χ1v) is 5.56. The van der Waals surface area contributed by atoms with Crippen molar-refractivity contribution in [3.05, 3.63) is 41.7 Å². The Morgan fingerprint density at radius 3 is 2.83 bits per heavy atom. The number of aromatic nitrogens is 3. The first-order valence-electron chi connectivity index (χ1n) is 5.56. The molecule has 96 valence electrons. The van der Waals surface area contributed by atoms with Gasteiger partial charge in [0.15, 0.2) is 17.4 Å². The van der Waals surface area contributed by atoms with E-state index in [1.165, 1.54) is 13.2 Å². The van der Waals surface area contributed by atoms with E-state index in [0.717, 1.165) is 5.56 Å². The van der Waals surface area contributed by atoms with Crippen molar-refractivity contribution in [3.63, 3.8) is 0 Å². The van der Waals surface area contributed by atoms with E-state index in [0.29, 0.717) is 18.9 Å². The normalized spacial score (nSPS) is 10.6. The molecular weight excluding hydrogens is 235 g/mol. The van der Waals surface area contributed by atoms with Gasteiger partial charge >= 0.3 is 0 Å². The fraction of sp³-hybridized carbons (Fsp3) is 0.333. The Morgan fingerprint density at radius 2 is 2.22 bits per heavy atom. The summed E-state index contributed by atoms with van der Waals surface area (Å²) in [6.45, 7) is 1.10. The van der Waals surface area contributed by atoms with Crippen molar-refractivity contribution in [1.29, 1.82) is 0 Å². The number of rotatable bonds is 5. The molecule has 0 aliphatic rings. The van der Waals surface area contributed by atoms with Gasteiger partial charge in [0.1, 0.15) is 6.33 Å². The molecule has 1 N–H and O–H groups in total. The zero-order valence-electron chi connectivity index (χ0n) is 10.4. The summed E-state index contributed by atoms with van der Waals surface area (Å²) in [5.74, 6) is 0.615. The van der Waals surface area contributed by atoms with Gasteiger partial charge < -0.3 is 10.1 Å². The van der Waals surface area contributed by atoms with E-state index in [4.69, 9.17) is 4.74 Å². The number of hydrogen-bond donors (Lipinski definition) is 1. The minimum absolute atomic E-state index is 0.255. The number of nitrogens with zero attached hydrogens (tertiary/aromatic N) is 3. The summed E-state index contributed by atoms with van der Waals surface area (Å²) < 4.78 is 19.9. The van der Waals surface area contributed by atoms with Gasteiger partial charge in [-0.1, -0.05) is 6.07 Å². The van der Waals surface area contributed by atoms with Gasteiger partial charge in [-0.15, -0.1) is 0 Å². The van der Waals surface area contributed by atoms with E-state index < -0.39 is 0 Å². The Kier molecular flexibility index (Phi) is 3.88. The average molecular weight is 250 g/mol. The van der Waals surface area contributed by atoms with Crippen LogP contribution in [0.3, 0.4) is 0 Å². The molecular formula is C12H15FN4O. The SMILES string of the molecule is COc1ccc(CNCc2ncn(C)n2)cc1F. The molecule has 0 bridgehead atoms. The maximum Gasteiger partial charge on any atom is 0.165 e. The van der Waals surface area contributed by atoms with Gasteiger partial charge in [-0.05, 0) is 17.7 Å². The summed E-state index contributed by atoms with van der Waals surface area (Å²) in [5, 5.41) is 7.29. The lowest BCUT2D eigenvalue weighted by molar-refractivity contribution is 0.386. The van der Waals surface area contributed by atoms with Crippen LogP contribution in [0.1, 0.15) is 11.4 Å². The molecule has 2 aromatic rings. The molecule has 5 nitrogen and oxygen atoms in total. The maximum atomic E-state index is 13.4. The summed E-state index contributed by atoms with van der Waals surface area (Å²) in [7, 11) is 3.26. The summed E-state index contributed by atoms with van der Waals surface area (Å²) in [5.41, 5.74) is 0.851. The van der Waals surface area contributed by atoms with Gasteiger partial charge in [-0.25, -0.2) is 9.37 Å². The van der Waals surface area contributed by atoms with Crippen molar-refractivity contribution in [3.8, 4) is 5.75 Å². The van der Waals surface area contributed by atoms with E-state index >= 15 is 0 Å². The minimum Gasteiger partial charge on any atom is -0.494 e. The third-order valence-electron chi connectivity index (χ3n) is 2.48. The van der Waals surface area contributed by atoms with E-state index in [1.807, 2.05) is 13.1 Å². The van der Waals surface area contributed by atoms with Crippen LogP contribution in [0.5, 0.6) is 5.75 Å². The Labute approximate surface area is 105 Å². The van der Waals surface area contributed by atoms with E-state index in [1.54, 1.807) is 17.1 Å². The van der Waals surface area contributed by atoms with Gasteiger partial charge in [-0.2, -0.15) is 5.10 Å². The minimum atomic E-state index is -0.354. The summed E-state index contributed by atoms with van der Waals surface area (Å²) >= 11 is 0. The largest absolute Gasteiger partial charge is 0.494 e. The predicted octanol–water partition coefficient (Wildman–Crippen LogP) is 1.25. The van der Waals surface area contributed by atoms with Crippen molar-refractivity contribution < 1.29 is 9.13 Å². The summed E-state index contributed by atoms with van der Waals surface area (Å²) in [6.07, 6.45) is 1.64. The lowest BCUT2D eigenvalue weighted by atomic mass is 10.2. The first kappa shape index (κ1) is 12.5. The number of methoxy groups -OCH3 is 1. The number of nitrogens with one attached hydrogen (secondary N) is 1. The van der Waals surface area contributed by atoms with Gasteiger partial charge in [0.2, 0.25) is 0 Å². The molecule has 0 unspecified atom stereocenters. The lowest BCUT2D eigenvalue weighted by Crippen LogP contribution is -2.14. The van der Waals surface area contributed by atoms with Crippen LogP contribution in [0.15, 0.2) is 24.5 Å². The zero-order valence-corrected chi connectivity index (χ0v) is 10.4. The highest BCUT2D eigenvalue weighted by Gasteiger charge is 2.03. The Balaban J connectivity index is 1.88. The second-order valence-electron chi connectivity index (χ2n) is 3.91. The highest BCUT2D eigenvalue weighted by Crippen LogP contribution is 2.17. The van der Waals surface area contributed by atoms with E-state index in [-0.39, 0.29) is 11.6 Å². The van der Waals surface area contributed by atoms with Crippen molar-refractivity contribution in [1.82, 2.24) is 20.1 Å². The lowest BCUT2D eigenvalue weighted by Gasteiger charge is -2.05. The molecule has 0 saturated carbocycles. The smallest absolute Gasteiger partial charge is 0.165 e. The molecule has 0 aliphatic heterocycles. The number of ether oxygens (including phenoxy) is 1. The number of aryl methyl sites for hydroxylation is 1. The molecule has 0 atom stereocenters. The van der Waals surface area contributed by atoms with E-state index in [9.17, 15) is 4.39 Å². The van der Waals surface area contributed by atoms with Gasteiger partial charge in [0, 0.05) is 13.6 Å². The maximum absolute atomic E-state index is 13.4. The second-order valence-corrected chi connectivity index (χ2v) is 3.91. The Bertz CT molecular complexity index is 527. The molecule has 0 radical (unpaired) electrons. The third-order valence-corrected chi connectivity index (χ3v) is 2.48. The van der Waals surface area contributed by atoms with Crippen LogP contribution < -0.4 is 10.1 Å². The van der Waals surface area contributed by atoms with Crippen LogP contribution in [0.25, 0.3) is 0 Å². The molecule has 0 fully saturated rings. The van der Waals surface area contributed by atoms with Gasteiger partial charge in [-0.3, -0.25) is 4.68 Å². The standard InChI is InChI=1S/C12H15FN4O/c1-17-8-15-12(16-17)7-14-6-9-3-4-11(18-2)10(13)5-9/h3-5,8,14H,6-7H2,1-2H3. The molecule has 1 aromatic carbocycles. The molecule has 18 heavy (non-hydrogen) atoms. The average Bonchev–Trinajstić information content (AvgIpc) is 2.75. The van der Waals surface area contributed by atoms with Crippen LogP contribution in [0.4, 0.5) is 4.39 Å². The fourth-order valence-corrected chi connectivity index (χ4v) is 1.60. The number of benzene rings is 1. The molecule has 0 spiro atoms. The highest BCUT2D eigenvalue weighted by atomic mass is 19.1. The third kappa shape index (κ3) is 3.04. The molecule has 1 heterocycles. The quantitative estimate of drug-likeness (QED) is 0.867. The summed E-state index contributed by atoms with van der Waals surface area (Å²) in [4.78, 5) is 4.09. The molecule has 2 rings (SSSR count).